The highest BCUT2D eigenvalue weighted by Gasteiger charge is 2.16. The molecule has 0 fully saturated rings. The lowest BCUT2D eigenvalue weighted by Gasteiger charge is -2.12. The first kappa shape index (κ1) is 14.6. The summed E-state index contributed by atoms with van der Waals surface area (Å²) in [5.74, 6) is -1.23. The van der Waals surface area contributed by atoms with E-state index in [-0.39, 0.29) is 16.9 Å². The van der Waals surface area contributed by atoms with Gasteiger partial charge in [0.1, 0.15) is 5.82 Å². The fraction of sp³-hybridized carbons (Fsp3) is 0.0714. The first-order valence-corrected chi connectivity index (χ1v) is 6.47. The third-order valence-electron chi connectivity index (χ3n) is 2.82. The highest BCUT2D eigenvalue weighted by molar-refractivity contribution is 6.40. The molecule has 0 radical (unpaired) electrons. The predicted molar refractivity (Wildman–Crippen MR) is 80.0 cm³/mol. The van der Waals surface area contributed by atoms with Crippen molar-refractivity contribution in [3.8, 4) is 0 Å². The zero-order chi connectivity index (χ0) is 14.9. The standard InChI is InChI=1S/C14H11Cl2FN2O/c1-7-5-6-9(15)13(11(7)16)19-14(20)8-3-2-4-10(17)12(8)18/h2-6H,18H2,1H3,(H,19,20). The number of rotatable bonds is 2. The van der Waals surface area contributed by atoms with Gasteiger partial charge in [0.25, 0.3) is 5.91 Å². The first-order valence-electron chi connectivity index (χ1n) is 5.71. The van der Waals surface area contributed by atoms with Gasteiger partial charge in [-0.3, -0.25) is 4.79 Å². The molecule has 1 amide bonds. The Morgan fingerprint density at radius 2 is 1.95 bits per heavy atom. The Balaban J connectivity index is 2.38. The van der Waals surface area contributed by atoms with E-state index in [0.29, 0.717) is 10.0 Å². The molecule has 0 aliphatic rings. The number of amides is 1. The number of anilines is 2. The molecule has 0 saturated heterocycles. The van der Waals surface area contributed by atoms with E-state index in [1.807, 2.05) is 0 Å². The molecule has 6 heteroatoms. The minimum absolute atomic E-state index is 0.0265. The smallest absolute Gasteiger partial charge is 0.257 e. The van der Waals surface area contributed by atoms with Gasteiger partial charge in [0, 0.05) is 0 Å². The normalized spacial score (nSPS) is 10.4. The zero-order valence-corrected chi connectivity index (χ0v) is 12.0. The fourth-order valence-corrected chi connectivity index (χ4v) is 2.15. The minimum atomic E-state index is -0.654. The van der Waals surface area contributed by atoms with Crippen molar-refractivity contribution in [2.75, 3.05) is 11.1 Å². The molecule has 0 spiro atoms. The average molecular weight is 313 g/mol. The van der Waals surface area contributed by atoms with Gasteiger partial charge in [-0.15, -0.1) is 0 Å². The van der Waals surface area contributed by atoms with Crippen molar-refractivity contribution < 1.29 is 9.18 Å². The van der Waals surface area contributed by atoms with Crippen molar-refractivity contribution in [1.82, 2.24) is 0 Å². The Hall–Kier alpha value is -1.78. The predicted octanol–water partition coefficient (Wildman–Crippen LogP) is 4.28. The van der Waals surface area contributed by atoms with E-state index >= 15 is 0 Å². The number of hydrogen-bond acceptors (Lipinski definition) is 2. The van der Waals surface area contributed by atoms with E-state index in [2.05, 4.69) is 5.32 Å². The number of nitrogens with two attached hydrogens (primary N) is 1. The average Bonchev–Trinajstić information content (AvgIpc) is 2.42. The van der Waals surface area contributed by atoms with Gasteiger partial charge >= 0.3 is 0 Å². The summed E-state index contributed by atoms with van der Waals surface area (Å²) in [5.41, 5.74) is 6.39. The van der Waals surface area contributed by atoms with Crippen molar-refractivity contribution in [2.24, 2.45) is 0 Å². The van der Waals surface area contributed by atoms with Gasteiger partial charge in [0.15, 0.2) is 0 Å². The quantitative estimate of drug-likeness (QED) is 0.813. The third kappa shape index (κ3) is 2.71. The SMILES string of the molecule is Cc1ccc(Cl)c(NC(=O)c2cccc(F)c2N)c1Cl. The monoisotopic (exact) mass is 312 g/mol. The van der Waals surface area contributed by atoms with E-state index in [1.54, 1.807) is 19.1 Å². The summed E-state index contributed by atoms with van der Waals surface area (Å²) in [5, 5.41) is 3.18. The number of hydrogen-bond donors (Lipinski definition) is 2. The van der Waals surface area contributed by atoms with E-state index < -0.39 is 11.7 Å². The molecule has 0 bridgehead atoms. The molecule has 2 aromatic carbocycles. The van der Waals surface area contributed by atoms with E-state index in [1.165, 1.54) is 18.2 Å². The summed E-state index contributed by atoms with van der Waals surface area (Å²) in [6, 6.07) is 7.36. The van der Waals surface area contributed by atoms with Crippen LogP contribution in [0, 0.1) is 12.7 Å². The number of halogens is 3. The molecule has 0 aliphatic carbocycles. The fourth-order valence-electron chi connectivity index (χ4n) is 1.69. The maximum absolute atomic E-state index is 13.3. The molecule has 2 aromatic rings. The number of benzene rings is 2. The Morgan fingerprint density at radius 1 is 1.25 bits per heavy atom. The van der Waals surface area contributed by atoms with Crippen LogP contribution in [0.5, 0.6) is 0 Å². The number of aryl methyl sites for hydroxylation is 1. The van der Waals surface area contributed by atoms with Crippen LogP contribution < -0.4 is 11.1 Å². The molecule has 0 saturated carbocycles. The van der Waals surface area contributed by atoms with Crippen LogP contribution in [0.4, 0.5) is 15.8 Å². The molecule has 0 aromatic heterocycles. The molecule has 3 nitrogen and oxygen atoms in total. The van der Waals surface area contributed by atoms with Crippen LogP contribution in [0.3, 0.4) is 0 Å². The molecule has 0 heterocycles. The Bertz CT molecular complexity index is 689. The maximum atomic E-state index is 13.3. The Morgan fingerprint density at radius 3 is 2.65 bits per heavy atom. The molecular formula is C14H11Cl2FN2O. The summed E-state index contributed by atoms with van der Waals surface area (Å²) in [7, 11) is 0. The largest absolute Gasteiger partial charge is 0.396 e. The summed E-state index contributed by atoms with van der Waals surface area (Å²) in [4.78, 5) is 12.1. The second-order valence-electron chi connectivity index (χ2n) is 4.21. The van der Waals surface area contributed by atoms with Gasteiger partial charge in [-0.2, -0.15) is 0 Å². The molecule has 3 N–H and O–H groups in total. The highest BCUT2D eigenvalue weighted by atomic mass is 35.5. The molecule has 0 atom stereocenters. The van der Waals surface area contributed by atoms with Crippen molar-refractivity contribution in [1.29, 1.82) is 0 Å². The van der Waals surface area contributed by atoms with E-state index in [4.69, 9.17) is 28.9 Å². The Labute approximate surface area is 125 Å². The van der Waals surface area contributed by atoms with Gasteiger partial charge < -0.3 is 11.1 Å². The van der Waals surface area contributed by atoms with Gasteiger partial charge in [-0.05, 0) is 30.7 Å². The third-order valence-corrected chi connectivity index (χ3v) is 3.62. The molecule has 0 unspecified atom stereocenters. The van der Waals surface area contributed by atoms with Crippen LogP contribution in [0.25, 0.3) is 0 Å². The molecule has 2 rings (SSSR count). The summed E-state index contributed by atoms with van der Waals surface area (Å²) < 4.78 is 13.3. The lowest BCUT2D eigenvalue weighted by atomic mass is 10.1. The summed E-state index contributed by atoms with van der Waals surface area (Å²) >= 11 is 12.1. The van der Waals surface area contributed by atoms with E-state index in [9.17, 15) is 9.18 Å². The van der Waals surface area contributed by atoms with Crippen LogP contribution in [-0.4, -0.2) is 5.91 Å². The van der Waals surface area contributed by atoms with Crippen LogP contribution in [0.2, 0.25) is 10.0 Å². The number of nitrogens with one attached hydrogen (secondary N) is 1. The van der Waals surface area contributed by atoms with Crippen LogP contribution in [0.1, 0.15) is 15.9 Å². The second kappa shape index (κ2) is 5.69. The number of para-hydroxylation sites is 1. The lowest BCUT2D eigenvalue weighted by Crippen LogP contribution is -2.15. The van der Waals surface area contributed by atoms with Gasteiger partial charge in [-0.25, -0.2) is 4.39 Å². The number of carbonyl (C=O) groups excluding carboxylic acids is 1. The van der Waals surface area contributed by atoms with Gasteiger partial charge in [0.2, 0.25) is 0 Å². The topological polar surface area (TPSA) is 55.1 Å². The lowest BCUT2D eigenvalue weighted by molar-refractivity contribution is 0.102. The van der Waals surface area contributed by atoms with Crippen LogP contribution in [-0.2, 0) is 0 Å². The molecule has 0 aliphatic heterocycles. The van der Waals surface area contributed by atoms with Crippen LogP contribution >= 0.6 is 23.2 Å². The minimum Gasteiger partial charge on any atom is -0.396 e. The number of nitrogen functional groups attached to an aromatic ring is 1. The molecule has 104 valence electrons. The van der Waals surface area contributed by atoms with Gasteiger partial charge in [0.05, 0.1) is 27.0 Å². The zero-order valence-electron chi connectivity index (χ0n) is 10.5. The van der Waals surface area contributed by atoms with E-state index in [0.717, 1.165) is 5.56 Å². The van der Waals surface area contributed by atoms with Crippen molar-refractivity contribution >= 4 is 40.5 Å². The first-order chi connectivity index (χ1) is 9.41. The van der Waals surface area contributed by atoms with Crippen LogP contribution in [0.15, 0.2) is 30.3 Å². The Kier molecular flexibility index (Phi) is 4.16. The number of carbonyl (C=O) groups is 1. The highest BCUT2D eigenvalue weighted by Crippen LogP contribution is 2.33. The maximum Gasteiger partial charge on any atom is 0.257 e. The van der Waals surface area contributed by atoms with Gasteiger partial charge in [-0.1, -0.05) is 35.3 Å². The molecular weight excluding hydrogens is 302 g/mol. The molecule has 20 heavy (non-hydrogen) atoms. The van der Waals surface area contributed by atoms with Crippen molar-refractivity contribution in [3.05, 3.63) is 57.3 Å². The second-order valence-corrected chi connectivity index (χ2v) is 4.99. The summed E-state index contributed by atoms with van der Waals surface area (Å²) in [6.45, 7) is 1.78. The van der Waals surface area contributed by atoms with Crippen molar-refractivity contribution in [3.63, 3.8) is 0 Å². The van der Waals surface area contributed by atoms with Crippen molar-refractivity contribution in [2.45, 2.75) is 6.92 Å². The summed E-state index contributed by atoms with van der Waals surface area (Å²) in [6.07, 6.45) is 0.